The third kappa shape index (κ3) is 6.81. The number of alkyl halides is 3. The van der Waals surface area contributed by atoms with Crippen LogP contribution in [0.15, 0.2) is 30.5 Å². The third-order valence-electron chi connectivity index (χ3n) is 4.40. The van der Waals surface area contributed by atoms with E-state index in [4.69, 9.17) is 16.6 Å². The number of hydrogen-bond acceptors (Lipinski definition) is 7. The van der Waals surface area contributed by atoms with Crippen LogP contribution in [0.3, 0.4) is 0 Å². The number of benzene rings is 1. The highest BCUT2D eigenvalue weighted by Gasteiger charge is 2.35. The van der Waals surface area contributed by atoms with E-state index in [9.17, 15) is 22.8 Å². The largest absolute Gasteiger partial charge is 0.421 e. The summed E-state index contributed by atoms with van der Waals surface area (Å²) in [6, 6.07) is 5.85. The van der Waals surface area contributed by atoms with Crippen molar-refractivity contribution in [2.24, 2.45) is 5.73 Å². The maximum absolute atomic E-state index is 12.9. The number of piperidine rings is 1. The first-order chi connectivity index (χ1) is 14.6. The van der Waals surface area contributed by atoms with Crippen LogP contribution in [0.2, 0.25) is 0 Å². The second kappa shape index (κ2) is 10.6. The standard InChI is InChI=1S/C12H10F3N5O.C7H13NO2/c13-12(14,15)7-5-18-11(17)20-10(7)19-8-4-2-1-3-6(8)9(16)21;9-6-7(10)8-4-2-1-3-5-8/h1-5H,(H2,16,21)(H3,17,18,19,20);9H,1-6H2. The molecule has 0 unspecified atom stereocenters. The molecule has 1 aliphatic heterocycles. The average molecular weight is 440 g/mol. The Kier molecular flexibility index (Phi) is 8.14. The van der Waals surface area contributed by atoms with Crippen LogP contribution in [-0.2, 0) is 11.0 Å². The number of nitrogens with zero attached hydrogens (tertiary/aromatic N) is 3. The molecule has 31 heavy (non-hydrogen) atoms. The normalized spacial score (nSPS) is 13.7. The second-order valence-electron chi connectivity index (χ2n) is 6.62. The molecule has 2 amide bonds. The molecule has 9 nitrogen and oxygen atoms in total. The fourth-order valence-electron chi connectivity index (χ4n) is 2.88. The van der Waals surface area contributed by atoms with Crippen LogP contribution in [0.4, 0.5) is 30.6 Å². The minimum atomic E-state index is -4.67. The summed E-state index contributed by atoms with van der Waals surface area (Å²) in [6.45, 7) is 1.33. The molecule has 0 saturated carbocycles. The Balaban J connectivity index is 0.000000285. The molecule has 3 rings (SSSR count). The quantitative estimate of drug-likeness (QED) is 0.568. The van der Waals surface area contributed by atoms with Crippen molar-refractivity contribution in [2.75, 3.05) is 30.7 Å². The van der Waals surface area contributed by atoms with E-state index in [0.29, 0.717) is 6.20 Å². The molecular formula is C19H23F3N6O3. The van der Waals surface area contributed by atoms with Gasteiger partial charge in [-0.25, -0.2) is 4.98 Å². The number of para-hydroxylation sites is 1. The molecule has 12 heteroatoms. The van der Waals surface area contributed by atoms with Crippen molar-refractivity contribution in [2.45, 2.75) is 25.4 Å². The molecule has 6 N–H and O–H groups in total. The number of nitrogens with one attached hydrogen (secondary N) is 1. The maximum atomic E-state index is 12.9. The molecule has 1 saturated heterocycles. The molecule has 2 aromatic rings. The van der Waals surface area contributed by atoms with Gasteiger partial charge in [-0.2, -0.15) is 18.2 Å². The maximum Gasteiger partial charge on any atom is 0.421 e. The number of aliphatic hydroxyl groups excluding tert-OH is 1. The molecule has 2 heterocycles. The van der Waals surface area contributed by atoms with Crippen molar-refractivity contribution < 1.29 is 27.9 Å². The van der Waals surface area contributed by atoms with E-state index in [1.54, 1.807) is 4.90 Å². The lowest BCUT2D eigenvalue weighted by Gasteiger charge is -2.25. The Labute approximate surface area is 176 Å². The van der Waals surface area contributed by atoms with E-state index in [1.807, 2.05) is 0 Å². The SMILES string of the molecule is NC(=O)c1ccccc1Nc1nc(N)ncc1C(F)(F)F.O=C(CO)N1CCCCC1. The van der Waals surface area contributed by atoms with E-state index in [1.165, 1.54) is 30.7 Å². The number of likely N-dealkylation sites (tertiary alicyclic amines) is 1. The minimum absolute atomic E-state index is 0.0304. The predicted octanol–water partition coefficient (Wildman–Crippen LogP) is 1.91. The molecule has 1 aromatic carbocycles. The van der Waals surface area contributed by atoms with Crippen LogP contribution in [-0.4, -0.2) is 51.5 Å². The number of carbonyl (C=O) groups is 2. The molecule has 0 radical (unpaired) electrons. The highest BCUT2D eigenvalue weighted by Crippen LogP contribution is 2.35. The van der Waals surface area contributed by atoms with E-state index >= 15 is 0 Å². The zero-order chi connectivity index (χ0) is 23.0. The van der Waals surface area contributed by atoms with Crippen molar-refractivity contribution in [1.82, 2.24) is 14.9 Å². The lowest BCUT2D eigenvalue weighted by Crippen LogP contribution is -2.37. The predicted molar refractivity (Wildman–Crippen MR) is 107 cm³/mol. The van der Waals surface area contributed by atoms with Gasteiger partial charge in [0.25, 0.3) is 5.91 Å². The van der Waals surface area contributed by atoms with Gasteiger partial charge >= 0.3 is 6.18 Å². The first-order valence-electron chi connectivity index (χ1n) is 9.37. The van der Waals surface area contributed by atoms with Gasteiger partial charge in [0.2, 0.25) is 11.9 Å². The first kappa shape index (κ1) is 23.9. The lowest BCUT2D eigenvalue weighted by atomic mass is 10.1. The number of nitrogens with two attached hydrogens (primary N) is 2. The Morgan fingerprint density at radius 2 is 1.81 bits per heavy atom. The molecular weight excluding hydrogens is 417 g/mol. The summed E-state index contributed by atoms with van der Waals surface area (Å²) >= 11 is 0. The Bertz CT molecular complexity index is 917. The van der Waals surface area contributed by atoms with Crippen LogP contribution in [0.1, 0.15) is 35.2 Å². The molecule has 1 fully saturated rings. The minimum Gasteiger partial charge on any atom is -0.387 e. The first-order valence-corrected chi connectivity index (χ1v) is 9.37. The van der Waals surface area contributed by atoms with E-state index < -0.39 is 23.5 Å². The van der Waals surface area contributed by atoms with Crippen LogP contribution in [0.5, 0.6) is 0 Å². The van der Waals surface area contributed by atoms with E-state index in [-0.39, 0.29) is 29.7 Å². The molecule has 1 aliphatic rings. The van der Waals surface area contributed by atoms with Crippen LogP contribution < -0.4 is 16.8 Å². The van der Waals surface area contributed by atoms with Crippen molar-refractivity contribution in [3.05, 3.63) is 41.6 Å². The third-order valence-corrected chi connectivity index (χ3v) is 4.40. The molecule has 0 atom stereocenters. The molecule has 168 valence electrons. The van der Waals surface area contributed by atoms with Crippen LogP contribution >= 0.6 is 0 Å². The number of nitrogen functional groups attached to an aromatic ring is 1. The van der Waals surface area contributed by atoms with Gasteiger partial charge in [0.05, 0.1) is 11.3 Å². The fraction of sp³-hybridized carbons (Fsp3) is 0.368. The summed E-state index contributed by atoms with van der Waals surface area (Å²) < 4.78 is 38.7. The van der Waals surface area contributed by atoms with Crippen molar-refractivity contribution >= 4 is 29.3 Å². The average Bonchev–Trinajstić information content (AvgIpc) is 2.73. The number of primary amides is 1. The summed E-state index contributed by atoms with van der Waals surface area (Å²) in [5.41, 5.74) is 9.49. The topological polar surface area (TPSA) is 147 Å². The number of anilines is 3. The van der Waals surface area contributed by atoms with E-state index in [0.717, 1.165) is 25.9 Å². The number of rotatable bonds is 4. The molecule has 0 spiro atoms. The van der Waals surface area contributed by atoms with Gasteiger partial charge in [-0.3, -0.25) is 9.59 Å². The Hall–Kier alpha value is -3.41. The zero-order valence-electron chi connectivity index (χ0n) is 16.5. The van der Waals surface area contributed by atoms with Gasteiger partial charge in [0, 0.05) is 19.3 Å². The van der Waals surface area contributed by atoms with Gasteiger partial charge in [-0.1, -0.05) is 12.1 Å². The number of halogens is 3. The van der Waals surface area contributed by atoms with Gasteiger partial charge in [-0.05, 0) is 31.4 Å². The number of carbonyl (C=O) groups excluding carboxylic acids is 2. The number of amides is 2. The highest BCUT2D eigenvalue weighted by molar-refractivity contribution is 5.99. The summed E-state index contributed by atoms with van der Waals surface area (Å²) in [4.78, 5) is 30.7. The summed E-state index contributed by atoms with van der Waals surface area (Å²) in [7, 11) is 0. The highest BCUT2D eigenvalue weighted by atomic mass is 19.4. The molecule has 0 aliphatic carbocycles. The Morgan fingerprint density at radius 3 is 2.39 bits per heavy atom. The summed E-state index contributed by atoms with van der Waals surface area (Å²) in [6.07, 6.45) is -0.706. The number of aromatic nitrogens is 2. The van der Waals surface area contributed by atoms with Crippen molar-refractivity contribution in [3.8, 4) is 0 Å². The molecule has 0 bridgehead atoms. The second-order valence-corrected chi connectivity index (χ2v) is 6.62. The van der Waals surface area contributed by atoms with Crippen molar-refractivity contribution in [3.63, 3.8) is 0 Å². The van der Waals surface area contributed by atoms with Crippen LogP contribution in [0.25, 0.3) is 0 Å². The number of hydrogen-bond donors (Lipinski definition) is 4. The summed E-state index contributed by atoms with van der Waals surface area (Å²) in [5.74, 6) is -1.79. The Morgan fingerprint density at radius 1 is 1.16 bits per heavy atom. The zero-order valence-corrected chi connectivity index (χ0v) is 16.5. The lowest BCUT2D eigenvalue weighted by molar-refractivity contribution is -0.137. The van der Waals surface area contributed by atoms with Crippen molar-refractivity contribution in [1.29, 1.82) is 0 Å². The van der Waals surface area contributed by atoms with Gasteiger partial charge < -0.3 is 26.8 Å². The van der Waals surface area contributed by atoms with E-state index in [2.05, 4.69) is 15.3 Å². The fourth-order valence-corrected chi connectivity index (χ4v) is 2.88. The molecule has 1 aromatic heterocycles. The van der Waals surface area contributed by atoms with Crippen LogP contribution in [0, 0.1) is 0 Å². The van der Waals surface area contributed by atoms with Gasteiger partial charge in [0.15, 0.2) is 0 Å². The smallest absolute Gasteiger partial charge is 0.387 e. The summed E-state index contributed by atoms with van der Waals surface area (Å²) in [5, 5.41) is 10.9. The van der Waals surface area contributed by atoms with Gasteiger partial charge in [-0.15, -0.1) is 0 Å². The number of aliphatic hydroxyl groups is 1. The van der Waals surface area contributed by atoms with Gasteiger partial charge in [0.1, 0.15) is 18.0 Å². The monoisotopic (exact) mass is 440 g/mol.